The number of anilines is 2. The molecular weight excluding hydrogens is 465 g/mol. The highest BCUT2D eigenvalue weighted by molar-refractivity contribution is 14.1. The largest absolute Gasteiger partial charge is 0.321 e. The molecule has 0 saturated carbocycles. The van der Waals surface area contributed by atoms with Crippen molar-refractivity contribution < 1.29 is 13.2 Å². The predicted molar refractivity (Wildman–Crippen MR) is 109 cm³/mol. The average Bonchev–Trinajstić information content (AvgIpc) is 2.64. The van der Waals surface area contributed by atoms with Crippen molar-refractivity contribution in [1.82, 2.24) is 4.98 Å². The van der Waals surface area contributed by atoms with Crippen LogP contribution in [0.3, 0.4) is 0 Å². The Balaban J connectivity index is 1.79. The summed E-state index contributed by atoms with van der Waals surface area (Å²) in [6, 6.07) is 18.0. The number of nitrogens with zero attached hydrogens (tertiary/aromatic N) is 1. The van der Waals surface area contributed by atoms with Crippen LogP contribution in [0.1, 0.15) is 10.5 Å². The number of pyridine rings is 1. The molecule has 3 rings (SSSR count). The van der Waals surface area contributed by atoms with Crippen molar-refractivity contribution in [2.24, 2.45) is 0 Å². The molecular formula is C18H14IN3O3S. The zero-order valence-corrected chi connectivity index (χ0v) is 16.4. The van der Waals surface area contributed by atoms with E-state index in [1.165, 1.54) is 18.3 Å². The van der Waals surface area contributed by atoms with E-state index in [1.54, 1.807) is 42.5 Å². The Morgan fingerprint density at radius 2 is 1.69 bits per heavy atom. The van der Waals surface area contributed by atoms with Gasteiger partial charge in [0.25, 0.3) is 15.9 Å². The summed E-state index contributed by atoms with van der Waals surface area (Å²) in [5.74, 6) is -0.411. The van der Waals surface area contributed by atoms with Crippen LogP contribution in [0.25, 0.3) is 0 Å². The Hall–Kier alpha value is -2.46. The van der Waals surface area contributed by atoms with E-state index in [4.69, 9.17) is 0 Å². The Morgan fingerprint density at radius 1 is 0.923 bits per heavy atom. The van der Waals surface area contributed by atoms with Crippen LogP contribution in [-0.4, -0.2) is 19.3 Å². The number of benzene rings is 2. The second-order valence-corrected chi connectivity index (χ2v) is 8.24. The second-order valence-electron chi connectivity index (χ2n) is 5.31. The summed E-state index contributed by atoms with van der Waals surface area (Å²) in [7, 11) is -3.77. The molecule has 0 unspecified atom stereocenters. The molecule has 3 aromatic rings. The highest BCUT2D eigenvalue weighted by atomic mass is 127. The van der Waals surface area contributed by atoms with E-state index in [0.29, 0.717) is 11.4 Å². The maximum atomic E-state index is 12.6. The maximum Gasteiger partial charge on any atom is 0.274 e. The number of carbonyl (C=O) groups excluding carboxylic acids is 1. The van der Waals surface area contributed by atoms with E-state index in [1.807, 2.05) is 12.1 Å². The van der Waals surface area contributed by atoms with E-state index in [9.17, 15) is 13.2 Å². The highest BCUT2D eigenvalue weighted by Gasteiger charge is 2.15. The third kappa shape index (κ3) is 4.58. The van der Waals surface area contributed by atoms with Gasteiger partial charge in [-0.2, -0.15) is 0 Å². The maximum absolute atomic E-state index is 12.6. The summed E-state index contributed by atoms with van der Waals surface area (Å²) in [5.41, 5.74) is 1.08. The first kappa shape index (κ1) is 18.3. The van der Waals surface area contributed by atoms with Crippen molar-refractivity contribution in [3.8, 4) is 0 Å². The lowest BCUT2D eigenvalue weighted by molar-refractivity contribution is 0.102. The van der Waals surface area contributed by atoms with E-state index >= 15 is 0 Å². The van der Waals surface area contributed by atoms with Gasteiger partial charge in [0.1, 0.15) is 5.69 Å². The van der Waals surface area contributed by atoms with E-state index < -0.39 is 15.9 Å². The zero-order valence-electron chi connectivity index (χ0n) is 13.4. The van der Waals surface area contributed by atoms with Crippen LogP contribution in [0.2, 0.25) is 0 Å². The number of carbonyl (C=O) groups is 1. The van der Waals surface area contributed by atoms with Gasteiger partial charge in [-0.15, -0.1) is 0 Å². The van der Waals surface area contributed by atoms with Gasteiger partial charge in [0.2, 0.25) is 0 Å². The fraction of sp³-hybridized carbons (Fsp3) is 0. The van der Waals surface area contributed by atoms with Gasteiger partial charge in [0.05, 0.1) is 4.90 Å². The lowest BCUT2D eigenvalue weighted by atomic mass is 10.3. The first-order valence-electron chi connectivity index (χ1n) is 7.55. The Morgan fingerprint density at radius 3 is 2.38 bits per heavy atom. The smallest absolute Gasteiger partial charge is 0.274 e. The second kappa shape index (κ2) is 7.83. The SMILES string of the molecule is O=C(Nc1cccc(S(=O)(=O)Nc2ccc(I)cc2)c1)c1ccccn1. The van der Waals surface area contributed by atoms with Crippen molar-refractivity contribution in [3.05, 3.63) is 82.2 Å². The van der Waals surface area contributed by atoms with Crippen LogP contribution in [0.5, 0.6) is 0 Å². The summed E-state index contributed by atoms with van der Waals surface area (Å²) >= 11 is 2.14. The summed E-state index contributed by atoms with van der Waals surface area (Å²) < 4.78 is 28.6. The van der Waals surface area contributed by atoms with Crippen LogP contribution < -0.4 is 10.0 Å². The standard InChI is InChI=1S/C18H14IN3O3S/c19-13-7-9-14(10-8-13)22-26(24,25)16-5-3-4-15(12-16)21-18(23)17-6-1-2-11-20-17/h1-12,22H,(H,21,23). The fourth-order valence-corrected chi connectivity index (χ4v) is 3.63. The van der Waals surface area contributed by atoms with Gasteiger partial charge in [-0.05, 0) is 77.2 Å². The Labute approximate surface area is 164 Å². The first-order valence-corrected chi connectivity index (χ1v) is 10.1. The number of nitrogens with one attached hydrogen (secondary N) is 2. The van der Waals surface area contributed by atoms with Gasteiger partial charge in [-0.3, -0.25) is 14.5 Å². The minimum Gasteiger partial charge on any atom is -0.321 e. The van der Waals surface area contributed by atoms with Crippen molar-refractivity contribution in [2.75, 3.05) is 10.0 Å². The van der Waals surface area contributed by atoms with Gasteiger partial charge >= 0.3 is 0 Å². The van der Waals surface area contributed by atoms with Gasteiger partial charge in [-0.25, -0.2) is 8.42 Å². The Bertz CT molecular complexity index is 1020. The van der Waals surface area contributed by atoms with Gasteiger partial charge in [0.15, 0.2) is 0 Å². The highest BCUT2D eigenvalue weighted by Crippen LogP contribution is 2.20. The molecule has 0 fully saturated rings. The molecule has 8 heteroatoms. The lowest BCUT2D eigenvalue weighted by Gasteiger charge is -2.10. The van der Waals surface area contributed by atoms with Gasteiger partial charge < -0.3 is 5.32 Å². The van der Waals surface area contributed by atoms with Gasteiger partial charge in [-0.1, -0.05) is 12.1 Å². The van der Waals surface area contributed by atoms with Crippen LogP contribution >= 0.6 is 22.6 Å². The summed E-state index contributed by atoms with van der Waals surface area (Å²) in [4.78, 5) is 16.2. The van der Waals surface area contributed by atoms with Crippen LogP contribution in [0, 0.1) is 3.57 Å². The molecule has 2 aromatic carbocycles. The first-order chi connectivity index (χ1) is 12.4. The molecule has 0 spiro atoms. The Kier molecular flexibility index (Phi) is 5.52. The minimum absolute atomic E-state index is 0.0508. The monoisotopic (exact) mass is 479 g/mol. The predicted octanol–water partition coefficient (Wildman–Crippen LogP) is 3.74. The number of aromatic nitrogens is 1. The molecule has 1 aromatic heterocycles. The molecule has 0 aliphatic carbocycles. The van der Waals surface area contributed by atoms with Crippen LogP contribution in [0.15, 0.2) is 77.8 Å². The molecule has 0 saturated heterocycles. The molecule has 132 valence electrons. The molecule has 1 amide bonds. The van der Waals surface area contributed by atoms with Crippen molar-refractivity contribution in [3.63, 3.8) is 0 Å². The van der Waals surface area contributed by atoms with E-state index in [-0.39, 0.29) is 10.6 Å². The number of amides is 1. The topological polar surface area (TPSA) is 88.2 Å². The van der Waals surface area contributed by atoms with Crippen LogP contribution in [0.4, 0.5) is 11.4 Å². The number of halogens is 1. The van der Waals surface area contributed by atoms with E-state index in [2.05, 4.69) is 37.6 Å². The number of hydrogen-bond acceptors (Lipinski definition) is 4. The normalized spacial score (nSPS) is 11.0. The van der Waals surface area contributed by atoms with Crippen LogP contribution in [-0.2, 0) is 10.0 Å². The van der Waals surface area contributed by atoms with E-state index in [0.717, 1.165) is 3.57 Å². The average molecular weight is 479 g/mol. The molecule has 0 aliphatic heterocycles. The zero-order chi connectivity index (χ0) is 18.6. The third-order valence-electron chi connectivity index (χ3n) is 3.40. The molecule has 0 aliphatic rings. The molecule has 2 N–H and O–H groups in total. The third-order valence-corrected chi connectivity index (χ3v) is 5.49. The minimum atomic E-state index is -3.77. The van der Waals surface area contributed by atoms with Crippen molar-refractivity contribution in [2.45, 2.75) is 4.90 Å². The van der Waals surface area contributed by atoms with Crippen molar-refractivity contribution in [1.29, 1.82) is 0 Å². The molecule has 26 heavy (non-hydrogen) atoms. The summed E-state index contributed by atoms with van der Waals surface area (Å²) in [6.07, 6.45) is 1.51. The number of sulfonamides is 1. The number of rotatable bonds is 5. The summed E-state index contributed by atoms with van der Waals surface area (Å²) in [6.45, 7) is 0. The van der Waals surface area contributed by atoms with Gasteiger partial charge in [0, 0.05) is 21.1 Å². The van der Waals surface area contributed by atoms with Crippen molar-refractivity contribution >= 4 is 49.9 Å². The molecule has 0 atom stereocenters. The summed E-state index contributed by atoms with van der Waals surface area (Å²) in [5, 5.41) is 2.65. The number of hydrogen-bond donors (Lipinski definition) is 2. The molecule has 0 radical (unpaired) electrons. The fourth-order valence-electron chi connectivity index (χ4n) is 2.17. The quantitative estimate of drug-likeness (QED) is 0.546. The molecule has 0 bridgehead atoms. The molecule has 1 heterocycles. The molecule has 6 nitrogen and oxygen atoms in total. The lowest BCUT2D eigenvalue weighted by Crippen LogP contribution is -2.15.